The van der Waals surface area contributed by atoms with Gasteiger partial charge in [-0.25, -0.2) is 4.79 Å². The third kappa shape index (κ3) is 2.79. The van der Waals surface area contributed by atoms with Crippen LogP contribution in [-0.4, -0.2) is 25.2 Å². The number of nitrogens with zero attached hydrogens (tertiary/aromatic N) is 1. The van der Waals surface area contributed by atoms with Crippen LogP contribution in [0.5, 0.6) is 0 Å². The molecule has 98 valence electrons. The smallest absolute Gasteiger partial charge is 0.338 e. The summed E-state index contributed by atoms with van der Waals surface area (Å²) in [5.74, 6) is -0.239. The Balaban J connectivity index is 2.22. The molecule has 4 heteroatoms. The van der Waals surface area contributed by atoms with Gasteiger partial charge in [0.15, 0.2) is 0 Å². The molecule has 0 unspecified atom stereocenters. The first-order valence-electron chi connectivity index (χ1n) is 6.36. The number of hydrogen-bond acceptors (Lipinski definition) is 3. The predicted octanol–water partition coefficient (Wildman–Crippen LogP) is 3.46. The van der Waals surface area contributed by atoms with Gasteiger partial charge in [-0.1, -0.05) is 0 Å². The van der Waals surface area contributed by atoms with Crippen molar-refractivity contribution in [3.05, 3.63) is 27.3 Å². The highest BCUT2D eigenvalue weighted by molar-refractivity contribution is 14.1. The summed E-state index contributed by atoms with van der Waals surface area (Å²) in [5.41, 5.74) is 1.87. The van der Waals surface area contributed by atoms with Gasteiger partial charge in [0.2, 0.25) is 0 Å². The number of esters is 1. The van der Waals surface area contributed by atoms with Crippen LogP contribution in [0, 0.1) is 3.57 Å². The fourth-order valence-corrected chi connectivity index (χ4v) is 3.20. The van der Waals surface area contributed by atoms with Gasteiger partial charge in [0.1, 0.15) is 0 Å². The third-order valence-corrected chi connectivity index (χ3v) is 4.19. The van der Waals surface area contributed by atoms with E-state index in [1.807, 2.05) is 25.1 Å². The lowest BCUT2D eigenvalue weighted by Crippen LogP contribution is -2.27. The van der Waals surface area contributed by atoms with Crippen LogP contribution in [0.15, 0.2) is 18.2 Å². The van der Waals surface area contributed by atoms with Gasteiger partial charge in [0.25, 0.3) is 0 Å². The summed E-state index contributed by atoms with van der Waals surface area (Å²) in [6, 6.07) is 6.40. The van der Waals surface area contributed by atoms with Crippen LogP contribution >= 0.6 is 22.6 Å². The zero-order valence-corrected chi connectivity index (χ0v) is 12.9. The summed E-state index contributed by atoms with van der Waals surface area (Å²) in [6.45, 7) is 5.60. The number of anilines is 1. The molecule has 1 heterocycles. The molecule has 1 atom stereocenters. The van der Waals surface area contributed by atoms with Gasteiger partial charge in [-0.3, -0.25) is 0 Å². The maximum atomic E-state index is 11.7. The molecule has 0 bridgehead atoms. The van der Waals surface area contributed by atoms with E-state index in [4.69, 9.17) is 4.74 Å². The number of carbonyl (C=O) groups excluding carboxylic acids is 1. The molecule has 18 heavy (non-hydrogen) atoms. The van der Waals surface area contributed by atoms with E-state index in [1.165, 1.54) is 18.5 Å². The molecule has 0 aromatic heterocycles. The lowest BCUT2D eigenvalue weighted by molar-refractivity contribution is 0.0526. The number of ether oxygens (including phenoxy) is 1. The van der Waals surface area contributed by atoms with E-state index in [9.17, 15) is 4.79 Å². The Hall–Kier alpha value is -0.780. The summed E-state index contributed by atoms with van der Waals surface area (Å²) in [4.78, 5) is 14.1. The highest BCUT2D eigenvalue weighted by Crippen LogP contribution is 2.30. The minimum absolute atomic E-state index is 0.239. The van der Waals surface area contributed by atoms with Gasteiger partial charge in [0.05, 0.1) is 17.9 Å². The van der Waals surface area contributed by atoms with Gasteiger partial charge < -0.3 is 9.64 Å². The summed E-state index contributed by atoms with van der Waals surface area (Å²) in [6.07, 6.45) is 2.49. The number of benzene rings is 1. The molecule has 1 aromatic carbocycles. The molecule has 1 saturated heterocycles. The SMILES string of the molecule is CCOC(=O)c1ccc(N2CCC[C@@H]2C)c(I)c1. The highest BCUT2D eigenvalue weighted by atomic mass is 127. The van der Waals surface area contributed by atoms with Gasteiger partial charge in [-0.2, -0.15) is 0 Å². The second-order valence-corrected chi connectivity index (χ2v) is 5.73. The molecule has 1 aromatic rings. The normalized spacial score (nSPS) is 19.1. The number of halogens is 1. The van der Waals surface area contributed by atoms with Crippen LogP contribution in [-0.2, 0) is 4.74 Å². The number of hydrogen-bond donors (Lipinski definition) is 0. The van der Waals surface area contributed by atoms with Crippen LogP contribution in [0.1, 0.15) is 37.0 Å². The Kier molecular flexibility index (Phi) is 4.48. The first-order chi connectivity index (χ1) is 8.63. The molecule has 0 N–H and O–H groups in total. The standard InChI is InChI=1S/C14H18INO2/c1-3-18-14(17)11-6-7-13(12(15)9-11)16-8-4-5-10(16)2/h6-7,9-10H,3-5,8H2,1-2H3/t10-/m0/s1. The Bertz CT molecular complexity index is 447. The van der Waals surface area contributed by atoms with Gasteiger partial charge in [0, 0.05) is 16.2 Å². The Morgan fingerprint density at radius 3 is 2.89 bits per heavy atom. The van der Waals surface area contributed by atoms with Crippen molar-refractivity contribution in [2.75, 3.05) is 18.1 Å². The second kappa shape index (κ2) is 5.91. The molecular weight excluding hydrogens is 341 g/mol. The Labute approximate surface area is 122 Å². The van der Waals surface area contributed by atoms with Crippen molar-refractivity contribution in [2.45, 2.75) is 32.7 Å². The highest BCUT2D eigenvalue weighted by Gasteiger charge is 2.22. The molecule has 1 fully saturated rings. The van der Waals surface area contributed by atoms with Crippen molar-refractivity contribution < 1.29 is 9.53 Å². The average Bonchev–Trinajstić information content (AvgIpc) is 2.75. The Morgan fingerprint density at radius 1 is 1.56 bits per heavy atom. The number of rotatable bonds is 3. The second-order valence-electron chi connectivity index (χ2n) is 4.57. The van der Waals surface area contributed by atoms with E-state index in [0.717, 1.165) is 10.1 Å². The molecule has 3 nitrogen and oxygen atoms in total. The minimum atomic E-state index is -0.239. The minimum Gasteiger partial charge on any atom is -0.462 e. The number of carbonyl (C=O) groups is 1. The third-order valence-electron chi connectivity index (χ3n) is 3.32. The zero-order valence-electron chi connectivity index (χ0n) is 10.8. The van der Waals surface area contributed by atoms with Crippen LogP contribution in [0.25, 0.3) is 0 Å². The molecule has 0 spiro atoms. The lowest BCUT2D eigenvalue weighted by Gasteiger charge is -2.25. The van der Waals surface area contributed by atoms with Crippen molar-refractivity contribution in [3.8, 4) is 0 Å². The predicted molar refractivity (Wildman–Crippen MR) is 81.2 cm³/mol. The molecule has 0 saturated carbocycles. The molecule has 1 aliphatic rings. The van der Waals surface area contributed by atoms with E-state index in [2.05, 4.69) is 34.4 Å². The fourth-order valence-electron chi connectivity index (χ4n) is 2.37. The van der Waals surface area contributed by atoms with Gasteiger partial charge in [-0.05, 0) is 67.5 Å². The van der Waals surface area contributed by atoms with E-state index < -0.39 is 0 Å². The first kappa shape index (κ1) is 13.6. The van der Waals surface area contributed by atoms with Crippen LogP contribution in [0.3, 0.4) is 0 Å². The lowest BCUT2D eigenvalue weighted by atomic mass is 10.2. The molecule has 1 aliphatic heterocycles. The van der Waals surface area contributed by atoms with Gasteiger partial charge in [-0.15, -0.1) is 0 Å². The Morgan fingerprint density at radius 2 is 2.33 bits per heavy atom. The quantitative estimate of drug-likeness (QED) is 0.612. The first-order valence-corrected chi connectivity index (χ1v) is 7.44. The summed E-state index contributed by atoms with van der Waals surface area (Å²) >= 11 is 2.30. The average molecular weight is 359 g/mol. The van der Waals surface area contributed by atoms with Crippen LogP contribution in [0.4, 0.5) is 5.69 Å². The topological polar surface area (TPSA) is 29.5 Å². The molecule has 0 amide bonds. The van der Waals surface area contributed by atoms with Crippen molar-refractivity contribution in [1.82, 2.24) is 0 Å². The van der Waals surface area contributed by atoms with Crippen molar-refractivity contribution in [3.63, 3.8) is 0 Å². The summed E-state index contributed by atoms with van der Waals surface area (Å²) in [7, 11) is 0. The van der Waals surface area contributed by atoms with E-state index in [-0.39, 0.29) is 5.97 Å². The molecule has 0 aliphatic carbocycles. The van der Waals surface area contributed by atoms with Crippen molar-refractivity contribution in [1.29, 1.82) is 0 Å². The maximum absolute atomic E-state index is 11.7. The molecule has 2 rings (SSSR count). The monoisotopic (exact) mass is 359 g/mol. The summed E-state index contributed by atoms with van der Waals surface area (Å²) in [5, 5.41) is 0. The fraction of sp³-hybridized carbons (Fsp3) is 0.500. The largest absolute Gasteiger partial charge is 0.462 e. The van der Waals surface area contributed by atoms with E-state index in [1.54, 1.807) is 0 Å². The van der Waals surface area contributed by atoms with E-state index >= 15 is 0 Å². The summed E-state index contributed by atoms with van der Waals surface area (Å²) < 4.78 is 6.13. The maximum Gasteiger partial charge on any atom is 0.338 e. The van der Waals surface area contributed by atoms with Gasteiger partial charge >= 0.3 is 5.97 Å². The van der Waals surface area contributed by atoms with Crippen LogP contribution in [0.2, 0.25) is 0 Å². The van der Waals surface area contributed by atoms with Crippen molar-refractivity contribution in [2.24, 2.45) is 0 Å². The van der Waals surface area contributed by atoms with Crippen LogP contribution < -0.4 is 4.90 Å². The zero-order chi connectivity index (χ0) is 13.1. The molecular formula is C14H18INO2. The van der Waals surface area contributed by atoms with Crippen molar-refractivity contribution >= 4 is 34.2 Å². The van der Waals surface area contributed by atoms with E-state index in [0.29, 0.717) is 18.2 Å². The molecule has 0 radical (unpaired) electrons.